The fourth-order valence-electron chi connectivity index (χ4n) is 1.89. The summed E-state index contributed by atoms with van der Waals surface area (Å²) in [6.07, 6.45) is 0. The van der Waals surface area contributed by atoms with Gasteiger partial charge in [-0.05, 0) is 30.3 Å². The summed E-state index contributed by atoms with van der Waals surface area (Å²) in [7, 11) is 2.91. The first-order valence-electron chi connectivity index (χ1n) is 5.89. The van der Waals surface area contributed by atoms with Crippen molar-refractivity contribution in [1.29, 1.82) is 0 Å². The van der Waals surface area contributed by atoms with Crippen LogP contribution in [0, 0.1) is 5.82 Å². The zero-order valence-electron chi connectivity index (χ0n) is 11.1. The standard InChI is InChI=1S/C15H14FNO3/c1-19-12-4-3-5-13(20-2)14(12)15(18)9-6-7-11(17)10(16)8-9/h3-8H,17H2,1-2H3. The van der Waals surface area contributed by atoms with Crippen LogP contribution in [0.25, 0.3) is 0 Å². The second-order valence-corrected chi connectivity index (χ2v) is 4.10. The Balaban J connectivity index is 2.55. The minimum atomic E-state index is -0.635. The molecule has 104 valence electrons. The number of carbonyl (C=O) groups is 1. The van der Waals surface area contributed by atoms with E-state index in [9.17, 15) is 9.18 Å². The number of hydrogen-bond acceptors (Lipinski definition) is 4. The molecule has 0 bridgehead atoms. The molecule has 0 aliphatic rings. The lowest BCUT2D eigenvalue weighted by Gasteiger charge is -2.12. The summed E-state index contributed by atoms with van der Waals surface area (Å²) >= 11 is 0. The summed E-state index contributed by atoms with van der Waals surface area (Å²) in [5.41, 5.74) is 5.83. The largest absolute Gasteiger partial charge is 0.496 e. The lowest BCUT2D eigenvalue weighted by Crippen LogP contribution is -2.07. The first-order chi connectivity index (χ1) is 9.58. The molecule has 2 N–H and O–H groups in total. The Kier molecular flexibility index (Phi) is 3.89. The van der Waals surface area contributed by atoms with Crippen molar-refractivity contribution in [3.63, 3.8) is 0 Å². The van der Waals surface area contributed by atoms with Crippen LogP contribution in [-0.2, 0) is 0 Å². The van der Waals surface area contributed by atoms with E-state index in [1.54, 1.807) is 18.2 Å². The van der Waals surface area contributed by atoms with Gasteiger partial charge in [0.2, 0.25) is 5.78 Å². The van der Waals surface area contributed by atoms with Gasteiger partial charge in [-0.2, -0.15) is 0 Å². The van der Waals surface area contributed by atoms with Crippen LogP contribution in [0.4, 0.5) is 10.1 Å². The highest BCUT2D eigenvalue weighted by atomic mass is 19.1. The molecule has 5 heteroatoms. The molecule has 0 unspecified atom stereocenters. The quantitative estimate of drug-likeness (QED) is 0.688. The Labute approximate surface area is 115 Å². The van der Waals surface area contributed by atoms with Gasteiger partial charge in [-0.25, -0.2) is 4.39 Å². The Morgan fingerprint density at radius 1 is 1.10 bits per heavy atom. The van der Waals surface area contributed by atoms with E-state index in [1.165, 1.54) is 26.4 Å². The van der Waals surface area contributed by atoms with E-state index >= 15 is 0 Å². The smallest absolute Gasteiger partial charge is 0.200 e. The van der Waals surface area contributed by atoms with Gasteiger partial charge in [-0.1, -0.05) is 6.07 Å². The number of halogens is 1. The van der Waals surface area contributed by atoms with Crippen molar-refractivity contribution in [2.75, 3.05) is 20.0 Å². The topological polar surface area (TPSA) is 61.5 Å². The Morgan fingerprint density at radius 2 is 1.70 bits per heavy atom. The van der Waals surface area contributed by atoms with Gasteiger partial charge < -0.3 is 15.2 Å². The monoisotopic (exact) mass is 275 g/mol. The molecule has 0 aliphatic carbocycles. The summed E-state index contributed by atoms with van der Waals surface area (Å²) in [6.45, 7) is 0. The van der Waals surface area contributed by atoms with Crippen molar-refractivity contribution in [3.05, 3.63) is 53.3 Å². The number of nitrogen functional groups attached to an aromatic ring is 1. The van der Waals surface area contributed by atoms with E-state index in [1.807, 2.05) is 0 Å². The van der Waals surface area contributed by atoms with Gasteiger partial charge >= 0.3 is 0 Å². The third kappa shape index (κ3) is 2.42. The predicted octanol–water partition coefficient (Wildman–Crippen LogP) is 2.66. The molecule has 0 radical (unpaired) electrons. The number of rotatable bonds is 4. The Morgan fingerprint density at radius 3 is 2.20 bits per heavy atom. The lowest BCUT2D eigenvalue weighted by atomic mass is 10.0. The number of hydrogen-bond donors (Lipinski definition) is 1. The average Bonchev–Trinajstić information content (AvgIpc) is 2.48. The molecule has 0 spiro atoms. The zero-order valence-corrected chi connectivity index (χ0v) is 11.1. The summed E-state index contributed by atoms with van der Waals surface area (Å²) < 4.78 is 23.8. The fraction of sp³-hybridized carbons (Fsp3) is 0.133. The van der Waals surface area contributed by atoms with Crippen LogP contribution in [0.2, 0.25) is 0 Å². The maximum absolute atomic E-state index is 13.5. The van der Waals surface area contributed by atoms with Gasteiger partial charge in [0.15, 0.2) is 0 Å². The lowest BCUT2D eigenvalue weighted by molar-refractivity contribution is 0.103. The fourth-order valence-corrected chi connectivity index (χ4v) is 1.89. The molecule has 0 atom stereocenters. The van der Waals surface area contributed by atoms with Gasteiger partial charge in [-0.15, -0.1) is 0 Å². The van der Waals surface area contributed by atoms with Gasteiger partial charge in [0.1, 0.15) is 22.9 Å². The van der Waals surface area contributed by atoms with E-state index in [4.69, 9.17) is 15.2 Å². The van der Waals surface area contributed by atoms with Crippen molar-refractivity contribution >= 4 is 11.5 Å². The second-order valence-electron chi connectivity index (χ2n) is 4.10. The van der Waals surface area contributed by atoms with Crippen LogP contribution in [0.3, 0.4) is 0 Å². The van der Waals surface area contributed by atoms with Gasteiger partial charge in [0.25, 0.3) is 0 Å². The maximum Gasteiger partial charge on any atom is 0.200 e. The SMILES string of the molecule is COc1cccc(OC)c1C(=O)c1ccc(N)c(F)c1. The molecule has 2 rings (SSSR count). The molecule has 0 aromatic heterocycles. The van der Waals surface area contributed by atoms with Crippen molar-refractivity contribution in [2.45, 2.75) is 0 Å². The zero-order chi connectivity index (χ0) is 14.7. The van der Waals surface area contributed by atoms with Gasteiger partial charge in [0.05, 0.1) is 19.9 Å². The summed E-state index contributed by atoms with van der Waals surface area (Å²) in [4.78, 5) is 12.5. The minimum Gasteiger partial charge on any atom is -0.496 e. The van der Waals surface area contributed by atoms with Crippen molar-refractivity contribution < 1.29 is 18.7 Å². The highest BCUT2D eigenvalue weighted by Crippen LogP contribution is 2.31. The molecule has 4 nitrogen and oxygen atoms in total. The van der Waals surface area contributed by atoms with Gasteiger partial charge in [-0.3, -0.25) is 4.79 Å². The number of methoxy groups -OCH3 is 2. The first-order valence-corrected chi connectivity index (χ1v) is 5.89. The molecule has 2 aromatic rings. The van der Waals surface area contributed by atoms with E-state index in [0.717, 1.165) is 6.07 Å². The van der Waals surface area contributed by atoms with Crippen LogP contribution >= 0.6 is 0 Å². The van der Waals surface area contributed by atoms with E-state index < -0.39 is 11.6 Å². The molecule has 0 saturated carbocycles. The van der Waals surface area contributed by atoms with E-state index in [-0.39, 0.29) is 16.8 Å². The highest BCUT2D eigenvalue weighted by molar-refractivity contribution is 6.12. The third-order valence-electron chi connectivity index (χ3n) is 2.92. The second kappa shape index (κ2) is 5.61. The molecular weight excluding hydrogens is 261 g/mol. The molecule has 2 aromatic carbocycles. The van der Waals surface area contributed by atoms with Crippen LogP contribution < -0.4 is 15.2 Å². The van der Waals surface area contributed by atoms with Crippen LogP contribution in [-0.4, -0.2) is 20.0 Å². The number of benzene rings is 2. The van der Waals surface area contributed by atoms with E-state index in [2.05, 4.69) is 0 Å². The molecule has 20 heavy (non-hydrogen) atoms. The van der Waals surface area contributed by atoms with Crippen LogP contribution in [0.5, 0.6) is 11.5 Å². The number of ketones is 1. The van der Waals surface area contributed by atoms with E-state index in [0.29, 0.717) is 11.5 Å². The summed E-state index contributed by atoms with van der Waals surface area (Å²) in [5, 5.41) is 0. The van der Waals surface area contributed by atoms with Crippen LogP contribution in [0.1, 0.15) is 15.9 Å². The highest BCUT2D eigenvalue weighted by Gasteiger charge is 2.20. The molecule has 0 saturated heterocycles. The first kappa shape index (κ1) is 13.9. The van der Waals surface area contributed by atoms with Gasteiger partial charge in [0, 0.05) is 5.56 Å². The average molecular weight is 275 g/mol. The number of ether oxygens (including phenoxy) is 2. The Hall–Kier alpha value is -2.56. The summed E-state index contributed by atoms with van der Waals surface area (Å²) in [6, 6.07) is 8.91. The molecule has 0 aliphatic heterocycles. The van der Waals surface area contributed by atoms with Crippen LogP contribution in [0.15, 0.2) is 36.4 Å². The summed E-state index contributed by atoms with van der Waals surface area (Å²) in [5.74, 6) is -0.291. The normalized spacial score (nSPS) is 10.2. The maximum atomic E-state index is 13.5. The number of nitrogens with two attached hydrogens (primary N) is 1. The number of anilines is 1. The van der Waals surface area contributed by atoms with Crippen molar-refractivity contribution in [1.82, 2.24) is 0 Å². The number of carbonyl (C=O) groups excluding carboxylic acids is 1. The molecule has 0 amide bonds. The Bertz CT molecular complexity index is 633. The van der Waals surface area contributed by atoms with Crippen molar-refractivity contribution in [3.8, 4) is 11.5 Å². The molecule has 0 fully saturated rings. The molecule has 0 heterocycles. The minimum absolute atomic E-state index is 0.00598. The predicted molar refractivity (Wildman–Crippen MR) is 73.8 cm³/mol. The third-order valence-corrected chi connectivity index (χ3v) is 2.92. The molecular formula is C15H14FNO3. The van der Waals surface area contributed by atoms with Crippen molar-refractivity contribution in [2.24, 2.45) is 0 Å².